The highest BCUT2D eigenvalue weighted by Gasteiger charge is 2.13. The van der Waals surface area contributed by atoms with Crippen molar-refractivity contribution in [1.82, 2.24) is 14.7 Å². The Morgan fingerprint density at radius 3 is 2.60 bits per heavy atom. The van der Waals surface area contributed by atoms with Crippen LogP contribution in [0, 0.1) is 17.5 Å². The molecule has 0 bridgehead atoms. The van der Waals surface area contributed by atoms with Gasteiger partial charge in [0.15, 0.2) is 17.5 Å². The molecule has 8 heteroatoms. The van der Waals surface area contributed by atoms with Crippen LogP contribution in [-0.2, 0) is 11.0 Å². The van der Waals surface area contributed by atoms with Crippen molar-refractivity contribution in [3.63, 3.8) is 0 Å². The van der Waals surface area contributed by atoms with Gasteiger partial charge in [-0.15, -0.1) is 0 Å². The van der Waals surface area contributed by atoms with Gasteiger partial charge in [0, 0.05) is 5.56 Å². The first kappa shape index (κ1) is 20.1. The molecule has 0 saturated carbocycles. The van der Waals surface area contributed by atoms with Gasteiger partial charge in [0.1, 0.15) is 16.8 Å². The van der Waals surface area contributed by atoms with Gasteiger partial charge >= 0.3 is 0 Å². The minimum atomic E-state index is -1.51. The van der Waals surface area contributed by atoms with E-state index in [2.05, 4.69) is 14.7 Å². The lowest BCUT2D eigenvalue weighted by atomic mass is 10.1. The summed E-state index contributed by atoms with van der Waals surface area (Å²) < 4.78 is 55.2. The van der Waals surface area contributed by atoms with Crippen LogP contribution in [0.1, 0.15) is 11.4 Å². The number of hydrogen-bond acceptors (Lipinski definition) is 2. The van der Waals surface area contributed by atoms with E-state index >= 15 is 0 Å². The third-order valence-corrected chi connectivity index (χ3v) is 5.70. The number of halogens is 3. The number of benzene rings is 3. The Kier molecular flexibility index (Phi) is 5.52. The van der Waals surface area contributed by atoms with Gasteiger partial charge < -0.3 is 4.98 Å². The number of H-pyrrole nitrogens is 1. The van der Waals surface area contributed by atoms with Crippen molar-refractivity contribution in [2.45, 2.75) is 4.90 Å². The summed E-state index contributed by atoms with van der Waals surface area (Å²) in [6, 6.07) is 15.0. The predicted molar refractivity (Wildman–Crippen MR) is 112 cm³/mol. The number of rotatable bonds is 5. The van der Waals surface area contributed by atoms with Crippen LogP contribution < -0.4 is 4.72 Å². The maximum Gasteiger partial charge on any atom is 0.195 e. The van der Waals surface area contributed by atoms with E-state index in [1.165, 1.54) is 12.2 Å². The van der Waals surface area contributed by atoms with Crippen LogP contribution in [0.15, 0.2) is 59.5 Å². The number of aromatic amines is 1. The predicted octanol–water partition coefficient (Wildman–Crippen LogP) is 5.06. The smallest absolute Gasteiger partial charge is 0.195 e. The lowest BCUT2D eigenvalue weighted by Gasteiger charge is -2.08. The molecule has 3 aromatic carbocycles. The van der Waals surface area contributed by atoms with Gasteiger partial charge in [0.05, 0.1) is 15.9 Å². The molecular weight excluding hydrogens is 411 g/mol. The van der Waals surface area contributed by atoms with Crippen molar-refractivity contribution in [3.05, 3.63) is 83.4 Å². The molecule has 1 aromatic heterocycles. The van der Waals surface area contributed by atoms with Crippen molar-refractivity contribution < 1.29 is 17.4 Å². The Labute approximate surface area is 173 Å². The second-order valence-electron chi connectivity index (χ2n) is 6.42. The van der Waals surface area contributed by atoms with Crippen LogP contribution in [0.5, 0.6) is 0 Å². The van der Waals surface area contributed by atoms with Gasteiger partial charge in [-0.2, -0.15) is 0 Å². The second kappa shape index (κ2) is 8.25. The fourth-order valence-corrected chi connectivity index (χ4v) is 3.90. The lowest BCUT2D eigenvalue weighted by Crippen LogP contribution is -2.11. The zero-order valence-electron chi connectivity index (χ0n) is 15.7. The molecule has 4 rings (SSSR count). The molecular formula is C22H16F3N3OS. The summed E-state index contributed by atoms with van der Waals surface area (Å²) in [6.07, 6.45) is 2.81. The van der Waals surface area contributed by atoms with Crippen molar-refractivity contribution in [2.75, 3.05) is 7.05 Å². The molecule has 0 aliphatic rings. The first-order chi connectivity index (χ1) is 14.5. The summed E-state index contributed by atoms with van der Waals surface area (Å²) in [6.45, 7) is 0. The van der Waals surface area contributed by atoms with E-state index in [0.29, 0.717) is 16.2 Å². The topological polar surface area (TPSA) is 57.8 Å². The maximum absolute atomic E-state index is 13.8. The number of nitrogens with zero attached hydrogens (tertiary/aromatic N) is 1. The highest BCUT2D eigenvalue weighted by atomic mass is 32.2. The van der Waals surface area contributed by atoms with Crippen molar-refractivity contribution in [3.8, 4) is 11.1 Å². The van der Waals surface area contributed by atoms with Gasteiger partial charge in [-0.1, -0.05) is 24.3 Å². The minimum absolute atomic E-state index is 0.0847. The molecule has 0 saturated heterocycles. The molecule has 0 amide bonds. The van der Waals surface area contributed by atoms with Crippen LogP contribution in [0.4, 0.5) is 13.2 Å². The van der Waals surface area contributed by atoms with E-state index in [9.17, 15) is 17.4 Å². The minimum Gasteiger partial charge on any atom is -0.338 e. The largest absolute Gasteiger partial charge is 0.338 e. The Morgan fingerprint density at radius 2 is 1.80 bits per heavy atom. The standard InChI is InChI=1S/C22H16F3N3OS/c1-26-30(29)19-5-3-2-4-15(19)14-7-10-17-18(12-14)28-20(27-17)11-8-13-6-9-16(23)22(25)21(13)24/h2-12,26H,1H3,(H,27,28)/b11-8+. The van der Waals surface area contributed by atoms with Crippen LogP contribution >= 0.6 is 0 Å². The van der Waals surface area contributed by atoms with E-state index in [1.54, 1.807) is 13.1 Å². The van der Waals surface area contributed by atoms with Crippen molar-refractivity contribution in [2.24, 2.45) is 0 Å². The quantitative estimate of drug-likeness (QED) is 0.438. The number of imidazole rings is 1. The van der Waals surface area contributed by atoms with Crippen LogP contribution in [0.2, 0.25) is 0 Å². The van der Waals surface area contributed by atoms with Crippen molar-refractivity contribution >= 4 is 34.2 Å². The number of aromatic nitrogens is 2. The van der Waals surface area contributed by atoms with E-state index in [1.807, 2.05) is 36.4 Å². The molecule has 2 N–H and O–H groups in total. The zero-order valence-corrected chi connectivity index (χ0v) is 16.6. The summed E-state index contributed by atoms with van der Waals surface area (Å²) >= 11 is 0. The van der Waals surface area contributed by atoms with Crippen LogP contribution in [0.25, 0.3) is 34.3 Å². The average Bonchev–Trinajstić information content (AvgIpc) is 3.18. The molecule has 4 aromatic rings. The van der Waals surface area contributed by atoms with E-state index < -0.39 is 28.4 Å². The monoisotopic (exact) mass is 427 g/mol. The van der Waals surface area contributed by atoms with Gasteiger partial charge in [0.2, 0.25) is 0 Å². The van der Waals surface area contributed by atoms with Gasteiger partial charge in [0.25, 0.3) is 0 Å². The Morgan fingerprint density at radius 1 is 1.00 bits per heavy atom. The van der Waals surface area contributed by atoms with Crippen LogP contribution in [0.3, 0.4) is 0 Å². The molecule has 0 spiro atoms. The molecule has 1 heterocycles. The Bertz CT molecular complexity index is 1300. The molecule has 0 radical (unpaired) electrons. The van der Waals surface area contributed by atoms with E-state index in [4.69, 9.17) is 0 Å². The molecule has 0 aliphatic heterocycles. The Hall–Kier alpha value is -3.23. The zero-order chi connectivity index (χ0) is 21.3. The van der Waals surface area contributed by atoms with E-state index in [0.717, 1.165) is 28.8 Å². The van der Waals surface area contributed by atoms with Gasteiger partial charge in [-0.25, -0.2) is 27.1 Å². The molecule has 0 aliphatic carbocycles. The lowest BCUT2D eigenvalue weighted by molar-refractivity contribution is 0.446. The third-order valence-electron chi connectivity index (χ3n) is 4.57. The summed E-state index contributed by atoms with van der Waals surface area (Å²) in [5, 5.41) is 0. The number of fused-ring (bicyclic) bond motifs is 1. The molecule has 30 heavy (non-hydrogen) atoms. The number of nitrogens with one attached hydrogen (secondary N) is 2. The molecule has 1 atom stereocenters. The Balaban J connectivity index is 1.69. The summed E-state index contributed by atoms with van der Waals surface area (Å²) in [5.41, 5.74) is 2.99. The maximum atomic E-state index is 13.8. The summed E-state index contributed by atoms with van der Waals surface area (Å²) in [5.74, 6) is -3.57. The molecule has 0 fully saturated rings. The van der Waals surface area contributed by atoms with Crippen LogP contribution in [-0.4, -0.2) is 21.2 Å². The summed E-state index contributed by atoms with van der Waals surface area (Å²) in [7, 11) is 0.283. The van der Waals surface area contributed by atoms with Gasteiger partial charge in [-0.3, -0.25) is 0 Å². The second-order valence-corrected chi connectivity index (χ2v) is 7.81. The molecule has 1 unspecified atom stereocenters. The van der Waals surface area contributed by atoms with E-state index in [-0.39, 0.29) is 5.56 Å². The SMILES string of the molecule is CNS(=O)c1ccccc1-c1ccc2nc(/C=C/c3ccc(F)c(F)c3F)[nH]c2c1. The average molecular weight is 427 g/mol. The van der Waals surface area contributed by atoms with Gasteiger partial charge in [-0.05, 0) is 60.7 Å². The van der Waals surface area contributed by atoms with Crippen molar-refractivity contribution in [1.29, 1.82) is 0 Å². The fourth-order valence-electron chi connectivity index (χ4n) is 3.09. The number of hydrogen-bond donors (Lipinski definition) is 2. The highest BCUT2D eigenvalue weighted by molar-refractivity contribution is 7.83. The fraction of sp³-hybridized carbons (Fsp3) is 0.0455. The third kappa shape index (κ3) is 3.79. The molecule has 152 valence electrons. The molecule has 4 nitrogen and oxygen atoms in total. The first-order valence-electron chi connectivity index (χ1n) is 8.98. The summed E-state index contributed by atoms with van der Waals surface area (Å²) in [4.78, 5) is 8.17. The highest BCUT2D eigenvalue weighted by Crippen LogP contribution is 2.28. The normalized spacial score (nSPS) is 12.7. The first-order valence-corrected chi connectivity index (χ1v) is 10.1.